The van der Waals surface area contributed by atoms with Crippen LogP contribution in [0.5, 0.6) is 0 Å². The summed E-state index contributed by atoms with van der Waals surface area (Å²) in [4.78, 5) is 13.9. The second-order valence-electron chi connectivity index (χ2n) is 5.30. The molecule has 0 aromatic carbocycles. The lowest BCUT2D eigenvalue weighted by Gasteiger charge is -2.27. The van der Waals surface area contributed by atoms with Crippen molar-refractivity contribution in [3.05, 3.63) is 23.9 Å². The Balaban J connectivity index is 1.72. The van der Waals surface area contributed by atoms with Crippen LogP contribution in [0, 0.1) is 0 Å². The number of nitrogens with one attached hydrogen (secondary N) is 1. The number of amidine groups is 1. The fourth-order valence-corrected chi connectivity index (χ4v) is 3.64. The van der Waals surface area contributed by atoms with Gasteiger partial charge in [-0.3, -0.25) is 4.79 Å². The molecule has 108 valence electrons. The molecule has 3 rings (SSSR count). The van der Waals surface area contributed by atoms with Crippen molar-refractivity contribution in [1.82, 2.24) is 10.2 Å². The molecule has 0 bridgehead atoms. The van der Waals surface area contributed by atoms with Crippen LogP contribution in [0.25, 0.3) is 0 Å². The van der Waals surface area contributed by atoms with Gasteiger partial charge in [-0.05, 0) is 25.0 Å². The normalized spacial score (nSPS) is 24.9. The maximum Gasteiger partial charge on any atom is 0.256 e. The molecule has 2 aliphatic heterocycles. The average molecular weight is 295 g/mol. The zero-order valence-electron chi connectivity index (χ0n) is 11.1. The molecule has 1 fully saturated rings. The Kier molecular flexibility index (Phi) is 3.37. The topological polar surface area (TPSA) is 78.8 Å². The number of fused-ring (bicyclic) bond motifs is 1. The smallest absolute Gasteiger partial charge is 0.256 e. The summed E-state index contributed by atoms with van der Waals surface area (Å²) in [6, 6.07) is 0.272. The van der Waals surface area contributed by atoms with E-state index in [1.165, 1.54) is 12.8 Å². The van der Waals surface area contributed by atoms with E-state index < -0.39 is 10.0 Å². The number of hydrogen-bond acceptors (Lipinski definition) is 4. The number of sulfonamides is 1. The quantitative estimate of drug-likeness (QED) is 0.806. The monoisotopic (exact) mass is 295 g/mol. The van der Waals surface area contributed by atoms with Crippen LogP contribution in [0.2, 0.25) is 0 Å². The van der Waals surface area contributed by atoms with Gasteiger partial charge in [0.05, 0.1) is 11.3 Å². The van der Waals surface area contributed by atoms with Crippen LogP contribution in [0.4, 0.5) is 0 Å². The van der Waals surface area contributed by atoms with Crippen molar-refractivity contribution in [2.75, 3.05) is 12.3 Å². The number of amides is 1. The highest BCUT2D eigenvalue weighted by molar-refractivity contribution is 7.90. The van der Waals surface area contributed by atoms with Gasteiger partial charge in [-0.2, -0.15) is 0 Å². The Bertz CT molecular complexity index is 613. The van der Waals surface area contributed by atoms with Crippen molar-refractivity contribution in [2.45, 2.75) is 31.7 Å². The number of carbonyl (C=O) groups is 1. The molecular weight excluding hydrogens is 278 g/mol. The molecule has 0 saturated heterocycles. The number of hydrogen-bond donors (Lipinski definition) is 1. The molecule has 20 heavy (non-hydrogen) atoms. The van der Waals surface area contributed by atoms with E-state index in [-0.39, 0.29) is 17.7 Å². The highest BCUT2D eigenvalue weighted by Gasteiger charge is 2.26. The maximum atomic E-state index is 12.1. The lowest BCUT2D eigenvalue weighted by molar-refractivity contribution is -0.117. The van der Waals surface area contributed by atoms with Crippen LogP contribution in [0.3, 0.4) is 0 Å². The number of carbonyl (C=O) groups excluding carboxylic acids is 1. The fourth-order valence-electron chi connectivity index (χ4n) is 2.67. The summed E-state index contributed by atoms with van der Waals surface area (Å²) in [7, 11) is -3.34. The first kappa shape index (κ1) is 13.4. The van der Waals surface area contributed by atoms with Crippen molar-refractivity contribution >= 4 is 21.8 Å². The lowest BCUT2D eigenvalue weighted by Crippen LogP contribution is -2.39. The summed E-state index contributed by atoms with van der Waals surface area (Å²) in [6.07, 6.45) is 9.30. The van der Waals surface area contributed by atoms with Gasteiger partial charge in [0.15, 0.2) is 0 Å². The molecule has 6 nitrogen and oxygen atoms in total. The fraction of sp³-hybridized carbons (Fsp3) is 0.538. The summed E-state index contributed by atoms with van der Waals surface area (Å²) < 4.78 is 26.5. The molecule has 1 saturated carbocycles. The second kappa shape index (κ2) is 5.05. The Morgan fingerprint density at radius 1 is 1.30 bits per heavy atom. The van der Waals surface area contributed by atoms with Crippen LogP contribution in [0.15, 0.2) is 28.3 Å². The Labute approximate surface area is 118 Å². The van der Waals surface area contributed by atoms with Crippen LogP contribution < -0.4 is 5.32 Å². The number of nitrogens with zero attached hydrogens (tertiary/aromatic N) is 2. The summed E-state index contributed by atoms with van der Waals surface area (Å²) >= 11 is 0. The molecule has 2 heterocycles. The molecule has 1 aliphatic carbocycles. The summed E-state index contributed by atoms with van der Waals surface area (Å²) in [5.74, 6) is 0.271. The van der Waals surface area contributed by atoms with Gasteiger partial charge in [0, 0.05) is 18.8 Å². The Morgan fingerprint density at radius 3 is 2.80 bits per heavy atom. The number of rotatable bonds is 2. The first-order chi connectivity index (χ1) is 9.53. The van der Waals surface area contributed by atoms with Crippen LogP contribution in [-0.4, -0.2) is 43.4 Å². The lowest BCUT2D eigenvalue weighted by atomic mass is 10.1. The van der Waals surface area contributed by atoms with E-state index in [0.29, 0.717) is 18.0 Å². The zero-order valence-corrected chi connectivity index (χ0v) is 11.9. The van der Waals surface area contributed by atoms with Gasteiger partial charge in [-0.15, -0.1) is 4.40 Å². The van der Waals surface area contributed by atoms with Gasteiger partial charge in [-0.25, -0.2) is 8.42 Å². The standard InChI is InChI=1S/C13H17N3O3S/c17-13(14-11-3-1-2-4-11)10-5-6-12-15-20(18,19)8-7-16(12)9-10/h5-6,9,11H,1-4,7-8H2,(H,14,17). The summed E-state index contributed by atoms with van der Waals surface area (Å²) in [5, 5.41) is 3.02. The van der Waals surface area contributed by atoms with Gasteiger partial charge in [-0.1, -0.05) is 12.8 Å². The van der Waals surface area contributed by atoms with E-state index in [0.717, 1.165) is 12.8 Å². The Hall–Kier alpha value is -1.63. The molecule has 0 spiro atoms. The van der Waals surface area contributed by atoms with E-state index in [2.05, 4.69) is 9.71 Å². The molecule has 0 aromatic rings. The third-order valence-corrected chi connectivity index (χ3v) is 4.94. The molecule has 0 unspecified atom stereocenters. The van der Waals surface area contributed by atoms with Gasteiger partial charge in [0.1, 0.15) is 5.84 Å². The highest BCUT2D eigenvalue weighted by Crippen LogP contribution is 2.19. The third kappa shape index (κ3) is 2.77. The predicted molar refractivity (Wildman–Crippen MR) is 75.5 cm³/mol. The maximum absolute atomic E-state index is 12.1. The van der Waals surface area contributed by atoms with Crippen LogP contribution in [-0.2, 0) is 14.8 Å². The minimum Gasteiger partial charge on any atom is -0.349 e. The first-order valence-electron chi connectivity index (χ1n) is 6.83. The molecule has 0 radical (unpaired) electrons. The van der Waals surface area contributed by atoms with Crippen molar-refractivity contribution in [3.63, 3.8) is 0 Å². The van der Waals surface area contributed by atoms with Crippen molar-refractivity contribution in [3.8, 4) is 0 Å². The van der Waals surface area contributed by atoms with Crippen LogP contribution >= 0.6 is 0 Å². The average Bonchev–Trinajstić information content (AvgIpc) is 2.90. The van der Waals surface area contributed by atoms with Crippen LogP contribution in [0.1, 0.15) is 25.7 Å². The van der Waals surface area contributed by atoms with E-state index in [9.17, 15) is 13.2 Å². The van der Waals surface area contributed by atoms with Gasteiger partial charge >= 0.3 is 0 Å². The molecule has 7 heteroatoms. The molecular formula is C13H17N3O3S. The molecule has 3 aliphatic rings. The predicted octanol–water partition coefficient (Wildman–Crippen LogP) is 0.543. The minimum atomic E-state index is -3.34. The van der Waals surface area contributed by atoms with Gasteiger partial charge in [0.25, 0.3) is 15.9 Å². The highest BCUT2D eigenvalue weighted by atomic mass is 32.2. The second-order valence-corrected chi connectivity index (χ2v) is 7.06. The van der Waals surface area contributed by atoms with Crippen molar-refractivity contribution in [2.24, 2.45) is 4.40 Å². The van der Waals surface area contributed by atoms with E-state index >= 15 is 0 Å². The largest absolute Gasteiger partial charge is 0.349 e. The van der Waals surface area contributed by atoms with Gasteiger partial charge < -0.3 is 10.2 Å². The van der Waals surface area contributed by atoms with E-state index in [4.69, 9.17) is 0 Å². The SMILES string of the molecule is O=C(NC1CCCC1)C1=CN2CCS(=O)(=O)N=C2C=C1. The first-order valence-corrected chi connectivity index (χ1v) is 8.44. The zero-order chi connectivity index (χ0) is 14.2. The molecule has 0 aromatic heterocycles. The third-order valence-electron chi connectivity index (χ3n) is 3.78. The van der Waals surface area contributed by atoms with E-state index in [1.54, 1.807) is 23.3 Å². The van der Waals surface area contributed by atoms with E-state index in [1.807, 2.05) is 0 Å². The summed E-state index contributed by atoms with van der Waals surface area (Å²) in [5.41, 5.74) is 0.551. The van der Waals surface area contributed by atoms with Crippen molar-refractivity contribution in [1.29, 1.82) is 0 Å². The summed E-state index contributed by atoms with van der Waals surface area (Å²) in [6.45, 7) is 0.339. The molecule has 1 N–H and O–H groups in total. The molecule has 0 atom stereocenters. The van der Waals surface area contributed by atoms with Crippen molar-refractivity contribution < 1.29 is 13.2 Å². The Morgan fingerprint density at radius 2 is 2.05 bits per heavy atom. The molecule has 1 amide bonds. The minimum absolute atomic E-state index is 0.0155. The van der Waals surface area contributed by atoms with Gasteiger partial charge in [0.2, 0.25) is 0 Å².